The Morgan fingerprint density at radius 3 is 2.17 bits per heavy atom. The van der Waals surface area contributed by atoms with Crippen molar-refractivity contribution < 1.29 is 16.3 Å². The van der Waals surface area contributed by atoms with E-state index in [0.717, 1.165) is 16.7 Å². The van der Waals surface area contributed by atoms with E-state index in [4.69, 9.17) is 3.02 Å². The van der Waals surface area contributed by atoms with Crippen molar-refractivity contribution >= 4 is 48.0 Å². The normalized spacial score (nSPS) is 15.3. The molecule has 0 saturated carbocycles. The third-order valence-electron chi connectivity index (χ3n) is 3.52. The molecule has 7 heteroatoms. The predicted octanol–water partition coefficient (Wildman–Crippen LogP) is 4.20. The topological polar surface area (TPSA) is 34.1 Å². The van der Waals surface area contributed by atoms with Crippen LogP contribution < -0.4 is 0 Å². The van der Waals surface area contributed by atoms with Crippen molar-refractivity contribution in [2.45, 2.75) is 12.8 Å². The van der Waals surface area contributed by atoms with E-state index in [1.807, 2.05) is 24.3 Å². The fraction of sp³-hybridized carbons (Fsp3) is 0.312. The molecule has 1 saturated heterocycles. The maximum atomic E-state index is 12.3. The minimum absolute atomic E-state index is 0.325. The molecule has 0 N–H and O–H groups in total. The summed E-state index contributed by atoms with van der Waals surface area (Å²) in [5, 5.41) is 2.37. The summed E-state index contributed by atoms with van der Waals surface area (Å²) in [6.45, 7) is 0. The van der Waals surface area contributed by atoms with E-state index in [1.165, 1.54) is 29.7 Å². The Balaban J connectivity index is 0.000000338. The molecule has 1 heterocycles. The van der Waals surface area contributed by atoms with Crippen LogP contribution in [-0.2, 0) is 13.9 Å². The first-order valence-corrected chi connectivity index (χ1v) is 12.8. The molecule has 0 radical (unpaired) electrons. The monoisotopic (exact) mass is 451 g/mol. The summed E-state index contributed by atoms with van der Waals surface area (Å²) in [5.41, 5.74) is 0.883. The Kier molecular flexibility index (Phi) is 6.66. The first-order valence-electron chi connectivity index (χ1n) is 7.18. The Bertz CT molecular complexity index is 718. The molecule has 2 nitrogen and oxygen atoms in total. The van der Waals surface area contributed by atoms with Crippen LogP contribution in [0.3, 0.4) is 0 Å². The molecule has 0 spiro atoms. The van der Waals surface area contributed by atoms with Gasteiger partial charge in [-0.05, 0) is 40.6 Å². The zero-order chi connectivity index (χ0) is 16.9. The number of carbonyl (C=O) groups excluding carboxylic acids is 1. The number of ketones is 1. The van der Waals surface area contributed by atoms with Gasteiger partial charge in [-0.15, -0.1) is 0 Å². The number of benzene rings is 2. The fourth-order valence-electron chi connectivity index (χ4n) is 2.49. The fourth-order valence-corrected chi connectivity index (χ4v) is 4.75. The van der Waals surface area contributed by atoms with Gasteiger partial charge in [0, 0.05) is 5.56 Å². The van der Waals surface area contributed by atoms with Crippen LogP contribution in [0.2, 0.25) is 0 Å². The molecule has 1 aliphatic heterocycles. The van der Waals surface area contributed by atoms with Crippen LogP contribution in [0.15, 0.2) is 42.5 Å². The van der Waals surface area contributed by atoms with Crippen molar-refractivity contribution in [2.75, 3.05) is 17.3 Å². The molecule has 0 aliphatic carbocycles. The quantitative estimate of drug-likeness (QED) is 0.398. The molecule has 1 aliphatic rings. The van der Waals surface area contributed by atoms with E-state index in [9.17, 15) is 13.2 Å². The van der Waals surface area contributed by atoms with Crippen molar-refractivity contribution in [3.05, 3.63) is 48.0 Å². The Labute approximate surface area is 142 Å². The Morgan fingerprint density at radius 2 is 1.57 bits per heavy atom. The van der Waals surface area contributed by atoms with Crippen molar-refractivity contribution in [2.24, 2.45) is 0 Å². The second-order valence-electron chi connectivity index (χ2n) is 5.26. The Hall–Kier alpha value is -0.872. The molecule has 0 amide bonds. The van der Waals surface area contributed by atoms with Crippen molar-refractivity contribution in [1.29, 1.82) is 0 Å². The van der Waals surface area contributed by atoms with Gasteiger partial charge < -0.3 is 0 Å². The third-order valence-corrected chi connectivity index (χ3v) is 5.93. The number of hydrogen-bond donors (Lipinski definition) is 0. The number of rotatable bonds is 3. The second kappa shape index (κ2) is 8.29. The van der Waals surface area contributed by atoms with Gasteiger partial charge >= 0.3 is 32.0 Å². The molecule has 1 fully saturated rings. The molecule has 2 aromatic carbocycles. The van der Waals surface area contributed by atoms with Gasteiger partial charge in [0.25, 0.3) is 0 Å². The van der Waals surface area contributed by atoms with Crippen LogP contribution in [-0.4, -0.2) is 43.6 Å². The van der Waals surface area contributed by atoms with E-state index in [2.05, 4.69) is 18.2 Å². The van der Waals surface area contributed by atoms with Gasteiger partial charge in [-0.25, -0.2) is 0 Å². The first kappa shape index (κ1) is 18.5. The number of halogens is 3. The molecule has 0 unspecified atom stereocenters. The maximum absolute atomic E-state index is 12.3. The van der Waals surface area contributed by atoms with Crippen LogP contribution in [0.4, 0.5) is 8.44 Å². The van der Waals surface area contributed by atoms with E-state index in [0.29, 0.717) is 16.7 Å². The van der Waals surface area contributed by atoms with Gasteiger partial charge in [-0.1, -0.05) is 36.4 Å². The SMILES string of the molecule is O=C(C[S+]1CCCC1)c1ccc2ccccc2c1.[O]=[Sb]([F])([F])[F]. The molecule has 23 heavy (non-hydrogen) atoms. The van der Waals surface area contributed by atoms with Gasteiger partial charge in [0.1, 0.15) is 11.5 Å². The van der Waals surface area contributed by atoms with Crippen LogP contribution in [0.5, 0.6) is 0 Å². The minimum atomic E-state index is -6.85. The Morgan fingerprint density at radius 1 is 1.00 bits per heavy atom. The van der Waals surface area contributed by atoms with E-state index in [1.54, 1.807) is 0 Å². The number of Topliss-reactive ketones (excluding diaryl/α,β-unsaturated/α-hetero) is 1. The van der Waals surface area contributed by atoms with Crippen LogP contribution >= 0.6 is 0 Å². The summed E-state index contributed by atoms with van der Waals surface area (Å²) in [5.74, 6) is 3.61. The zero-order valence-electron chi connectivity index (χ0n) is 12.4. The summed E-state index contributed by atoms with van der Waals surface area (Å²) < 4.78 is 38.3. The van der Waals surface area contributed by atoms with Gasteiger partial charge in [-0.3, -0.25) is 4.79 Å². The van der Waals surface area contributed by atoms with E-state index >= 15 is 0 Å². The molecule has 0 bridgehead atoms. The van der Waals surface area contributed by atoms with E-state index < -0.39 is 20.5 Å². The molecule has 0 atom stereocenters. The van der Waals surface area contributed by atoms with Crippen molar-refractivity contribution in [3.63, 3.8) is 0 Å². The second-order valence-corrected chi connectivity index (χ2v) is 9.86. The van der Waals surface area contributed by atoms with Gasteiger partial charge in [0.15, 0.2) is 5.75 Å². The predicted molar refractivity (Wildman–Crippen MR) is 89.2 cm³/mol. The average molecular weight is 452 g/mol. The van der Waals surface area contributed by atoms with Gasteiger partial charge in [0.05, 0.1) is 0 Å². The summed E-state index contributed by atoms with van der Waals surface area (Å²) in [4.78, 5) is 12.3. The van der Waals surface area contributed by atoms with Crippen LogP contribution in [0.1, 0.15) is 23.2 Å². The third kappa shape index (κ3) is 6.64. The molecular formula is C16H17F3O2SSb+. The number of fused-ring (bicyclic) bond motifs is 1. The summed E-state index contributed by atoms with van der Waals surface area (Å²) in [7, 11) is 0.359. The molecular weight excluding hydrogens is 435 g/mol. The number of hydrogen-bond acceptors (Lipinski definition) is 2. The zero-order valence-corrected chi connectivity index (χ0v) is 15.8. The molecule has 2 aromatic rings. The van der Waals surface area contributed by atoms with Gasteiger partial charge in [0.2, 0.25) is 5.78 Å². The molecule has 124 valence electrons. The van der Waals surface area contributed by atoms with Crippen LogP contribution in [0, 0.1) is 0 Å². The van der Waals surface area contributed by atoms with Crippen LogP contribution in [0.25, 0.3) is 10.8 Å². The first-order chi connectivity index (χ1) is 10.8. The van der Waals surface area contributed by atoms with Gasteiger partial charge in [-0.2, -0.15) is 0 Å². The van der Waals surface area contributed by atoms with E-state index in [-0.39, 0.29) is 0 Å². The standard InChI is InChI=1S/C16H17OS.3FH.O.Sb/c17-16(12-18-9-3-4-10-18)15-8-7-13-5-1-2-6-14(13)11-15;;;;;/h1-2,5-8,11H,3-4,9-10,12H2;3*1H;;/q+1;;;;;+3/p-3. The summed E-state index contributed by atoms with van der Waals surface area (Å²) in [6, 6.07) is 14.3. The average Bonchev–Trinajstić information content (AvgIpc) is 2.98. The van der Waals surface area contributed by atoms with Crippen molar-refractivity contribution in [1.82, 2.24) is 0 Å². The van der Waals surface area contributed by atoms with Crippen molar-refractivity contribution in [3.8, 4) is 0 Å². The summed E-state index contributed by atoms with van der Waals surface area (Å²) >= 11 is -6.85. The number of carbonyl (C=O) groups is 1. The molecule has 0 aromatic heterocycles. The molecule has 3 rings (SSSR count). The summed E-state index contributed by atoms with van der Waals surface area (Å²) in [6.07, 6.45) is 2.63.